The van der Waals surface area contributed by atoms with Crippen LogP contribution in [0.1, 0.15) is 19.3 Å². The molecule has 6 heteroatoms. The summed E-state index contributed by atoms with van der Waals surface area (Å²) in [7, 11) is 0. The number of hydrogen-bond donors (Lipinski definition) is 0. The largest absolute Gasteiger partial charge is 0.456 e. The first-order valence-electron chi connectivity index (χ1n) is 9.51. The molecule has 1 aliphatic rings. The third-order valence-electron chi connectivity index (χ3n) is 5.13. The molecule has 0 unspecified atom stereocenters. The summed E-state index contributed by atoms with van der Waals surface area (Å²) in [6.45, 7) is 2.12. The van der Waals surface area contributed by atoms with Crippen molar-refractivity contribution in [1.82, 2.24) is 0 Å². The Morgan fingerprint density at radius 1 is 0.793 bits per heavy atom. The summed E-state index contributed by atoms with van der Waals surface area (Å²) >= 11 is 0. The van der Waals surface area contributed by atoms with E-state index in [0.29, 0.717) is 16.9 Å². The van der Waals surface area contributed by atoms with E-state index in [4.69, 9.17) is 18.4 Å². The van der Waals surface area contributed by atoms with E-state index < -0.39 is 0 Å². The highest BCUT2D eigenvalue weighted by Gasteiger charge is 2.15. The Morgan fingerprint density at radius 3 is 2.28 bits per heavy atom. The Morgan fingerprint density at radius 2 is 1.52 bits per heavy atom. The first-order valence-corrected chi connectivity index (χ1v) is 9.51. The molecule has 1 fully saturated rings. The summed E-state index contributed by atoms with van der Waals surface area (Å²) in [4.78, 5) is 31.2. The second kappa shape index (κ2) is 8.17. The molecule has 0 atom stereocenters. The lowest BCUT2D eigenvalue weighted by atomic mass is 10.1. The van der Waals surface area contributed by atoms with E-state index in [2.05, 4.69) is 11.0 Å². The minimum absolute atomic E-state index is 0.250. The number of hydrogen-bond acceptors (Lipinski definition) is 6. The quantitative estimate of drug-likeness (QED) is 0.466. The molecule has 4 aromatic rings. The van der Waals surface area contributed by atoms with E-state index in [1.165, 1.54) is 19.3 Å². The van der Waals surface area contributed by atoms with Gasteiger partial charge >= 0.3 is 11.8 Å². The standard InChI is InChI=1S/C22H19NO3.CO2/c24-22-18(21-13-15-6-2-3-7-19(15)25-21)12-16-8-9-17(14-20(16)26-22)23-10-4-1-5-11-23;2-1-3/h2-3,6-9,12-14H,1,4-5,10-11H2;. The molecular weight excluding hydrogens is 370 g/mol. The second-order valence-corrected chi connectivity index (χ2v) is 6.95. The van der Waals surface area contributed by atoms with Gasteiger partial charge in [0, 0.05) is 35.6 Å². The molecule has 1 saturated heterocycles. The average Bonchev–Trinajstić information content (AvgIpc) is 3.18. The van der Waals surface area contributed by atoms with Crippen LogP contribution >= 0.6 is 0 Å². The summed E-state index contributed by atoms with van der Waals surface area (Å²) in [5.41, 5.74) is 2.60. The van der Waals surface area contributed by atoms with Crippen molar-refractivity contribution in [3.05, 3.63) is 65.0 Å². The number of para-hydroxylation sites is 1. The summed E-state index contributed by atoms with van der Waals surface area (Å²) in [5, 5.41) is 1.88. The summed E-state index contributed by atoms with van der Waals surface area (Å²) in [5.74, 6) is 0.543. The molecule has 5 rings (SSSR count). The van der Waals surface area contributed by atoms with Crippen LogP contribution in [0.2, 0.25) is 0 Å². The number of piperidine rings is 1. The third-order valence-corrected chi connectivity index (χ3v) is 5.13. The highest BCUT2D eigenvalue weighted by Crippen LogP contribution is 2.29. The fourth-order valence-corrected chi connectivity index (χ4v) is 3.74. The molecule has 0 bridgehead atoms. The number of nitrogens with zero attached hydrogens (tertiary/aromatic N) is 1. The van der Waals surface area contributed by atoms with Crippen molar-refractivity contribution in [3.8, 4) is 11.3 Å². The zero-order valence-corrected chi connectivity index (χ0v) is 15.7. The van der Waals surface area contributed by atoms with E-state index >= 15 is 0 Å². The molecular formula is C23H19NO5. The number of carbonyl (C=O) groups excluding carboxylic acids is 2. The van der Waals surface area contributed by atoms with Crippen molar-refractivity contribution < 1.29 is 18.4 Å². The predicted octanol–water partition coefficient (Wildman–Crippen LogP) is 4.61. The minimum Gasteiger partial charge on any atom is -0.456 e. The predicted molar refractivity (Wildman–Crippen MR) is 109 cm³/mol. The van der Waals surface area contributed by atoms with Gasteiger partial charge in [-0.3, -0.25) is 0 Å². The van der Waals surface area contributed by atoms with Gasteiger partial charge in [0.2, 0.25) is 0 Å². The van der Waals surface area contributed by atoms with Gasteiger partial charge in [-0.2, -0.15) is 9.59 Å². The maximum atomic E-state index is 12.6. The lowest BCUT2D eigenvalue weighted by Gasteiger charge is -2.28. The fraction of sp³-hybridized carbons (Fsp3) is 0.217. The Labute approximate surface area is 166 Å². The SMILES string of the molecule is O=C=O.O=c1oc2cc(N3CCCCC3)ccc2cc1-c1cc2ccccc2o1. The van der Waals surface area contributed by atoms with Crippen molar-refractivity contribution in [3.63, 3.8) is 0 Å². The van der Waals surface area contributed by atoms with Crippen LogP contribution in [-0.4, -0.2) is 19.2 Å². The number of rotatable bonds is 2. The first kappa shape index (κ1) is 18.7. The molecule has 0 radical (unpaired) electrons. The van der Waals surface area contributed by atoms with Gasteiger partial charge in [-0.05, 0) is 49.6 Å². The molecule has 6 nitrogen and oxygen atoms in total. The average molecular weight is 389 g/mol. The van der Waals surface area contributed by atoms with Gasteiger partial charge in [0.15, 0.2) is 0 Å². The van der Waals surface area contributed by atoms with E-state index in [1.54, 1.807) is 0 Å². The summed E-state index contributed by atoms with van der Waals surface area (Å²) in [6.07, 6.45) is 3.97. The molecule has 0 N–H and O–H groups in total. The van der Waals surface area contributed by atoms with Crippen LogP contribution in [0.5, 0.6) is 0 Å². The number of benzene rings is 2. The Hall–Kier alpha value is -3.63. The van der Waals surface area contributed by atoms with Crippen molar-refractivity contribution in [2.24, 2.45) is 0 Å². The molecule has 1 aliphatic heterocycles. The van der Waals surface area contributed by atoms with Crippen molar-refractivity contribution in [1.29, 1.82) is 0 Å². The van der Waals surface area contributed by atoms with Gasteiger partial charge in [-0.25, -0.2) is 4.79 Å². The zero-order valence-electron chi connectivity index (χ0n) is 15.7. The normalized spacial score (nSPS) is 13.7. The highest BCUT2D eigenvalue weighted by molar-refractivity contribution is 5.87. The molecule has 2 aromatic carbocycles. The maximum Gasteiger partial charge on any atom is 0.373 e. The van der Waals surface area contributed by atoms with Crippen LogP contribution < -0.4 is 10.5 Å². The van der Waals surface area contributed by atoms with Gasteiger partial charge in [0.25, 0.3) is 0 Å². The topological polar surface area (TPSA) is 80.7 Å². The van der Waals surface area contributed by atoms with Gasteiger partial charge < -0.3 is 13.7 Å². The zero-order chi connectivity index (χ0) is 20.2. The number of fused-ring (bicyclic) bond motifs is 2. The van der Waals surface area contributed by atoms with Gasteiger partial charge in [0.05, 0.1) is 0 Å². The second-order valence-electron chi connectivity index (χ2n) is 6.95. The number of anilines is 1. The molecule has 0 amide bonds. The minimum atomic E-state index is -0.368. The van der Waals surface area contributed by atoms with Gasteiger partial charge in [0.1, 0.15) is 22.5 Å². The van der Waals surface area contributed by atoms with Crippen LogP contribution in [0.25, 0.3) is 33.3 Å². The number of furan rings is 1. The Balaban J connectivity index is 0.000000645. The van der Waals surface area contributed by atoms with Crippen LogP contribution in [-0.2, 0) is 9.59 Å². The molecule has 0 aliphatic carbocycles. The fourth-order valence-electron chi connectivity index (χ4n) is 3.74. The summed E-state index contributed by atoms with van der Waals surface area (Å²) in [6, 6.07) is 17.6. The van der Waals surface area contributed by atoms with E-state index in [1.807, 2.05) is 48.5 Å². The molecule has 0 spiro atoms. The smallest absolute Gasteiger partial charge is 0.373 e. The molecule has 146 valence electrons. The lowest BCUT2D eigenvalue weighted by molar-refractivity contribution is -0.191. The van der Waals surface area contributed by atoms with Crippen LogP contribution in [0.4, 0.5) is 5.69 Å². The van der Waals surface area contributed by atoms with Crippen molar-refractivity contribution in [2.45, 2.75) is 19.3 Å². The van der Waals surface area contributed by atoms with Crippen LogP contribution in [0.3, 0.4) is 0 Å². The van der Waals surface area contributed by atoms with Gasteiger partial charge in [-0.15, -0.1) is 0 Å². The molecule has 0 saturated carbocycles. The summed E-state index contributed by atoms with van der Waals surface area (Å²) < 4.78 is 11.5. The molecule has 2 aromatic heterocycles. The van der Waals surface area contributed by atoms with E-state index in [0.717, 1.165) is 35.1 Å². The van der Waals surface area contributed by atoms with Crippen LogP contribution in [0, 0.1) is 0 Å². The van der Waals surface area contributed by atoms with Crippen LogP contribution in [0.15, 0.2) is 68.2 Å². The Bertz CT molecular complexity index is 1210. The first-order chi connectivity index (χ1) is 14.2. The Kier molecular flexibility index (Phi) is 5.27. The third kappa shape index (κ3) is 3.84. The lowest BCUT2D eigenvalue weighted by Crippen LogP contribution is -2.29. The highest BCUT2D eigenvalue weighted by atomic mass is 16.4. The van der Waals surface area contributed by atoms with Gasteiger partial charge in [-0.1, -0.05) is 18.2 Å². The molecule has 3 heterocycles. The van der Waals surface area contributed by atoms with Crippen molar-refractivity contribution in [2.75, 3.05) is 18.0 Å². The maximum absolute atomic E-state index is 12.6. The van der Waals surface area contributed by atoms with Crippen molar-refractivity contribution >= 4 is 33.8 Å². The van der Waals surface area contributed by atoms with E-state index in [-0.39, 0.29) is 11.8 Å². The monoisotopic (exact) mass is 389 g/mol. The van der Waals surface area contributed by atoms with E-state index in [9.17, 15) is 4.79 Å². The molecule has 29 heavy (non-hydrogen) atoms.